The zero-order valence-corrected chi connectivity index (χ0v) is 10.4. The molecule has 90 valence electrons. The van der Waals surface area contributed by atoms with Gasteiger partial charge >= 0.3 is 0 Å². The van der Waals surface area contributed by atoms with Gasteiger partial charge in [0.1, 0.15) is 5.82 Å². The summed E-state index contributed by atoms with van der Waals surface area (Å²) in [4.78, 5) is 0. The van der Waals surface area contributed by atoms with Gasteiger partial charge in [-0.25, -0.2) is 4.39 Å². The van der Waals surface area contributed by atoms with Crippen LogP contribution in [0.25, 0.3) is 11.1 Å². The van der Waals surface area contributed by atoms with Crippen LogP contribution in [0.2, 0.25) is 5.02 Å². The second-order valence-electron chi connectivity index (χ2n) is 3.86. The van der Waals surface area contributed by atoms with Crippen molar-refractivity contribution in [1.29, 1.82) is 0 Å². The molecule has 2 N–H and O–H groups in total. The van der Waals surface area contributed by atoms with Gasteiger partial charge in [-0.1, -0.05) is 11.6 Å². The van der Waals surface area contributed by atoms with E-state index in [-0.39, 0.29) is 12.4 Å². The Labute approximate surface area is 104 Å². The number of benzene rings is 1. The maximum absolute atomic E-state index is 13.8. The molecule has 0 aliphatic carbocycles. The van der Waals surface area contributed by atoms with Gasteiger partial charge in [0.25, 0.3) is 0 Å². The fourth-order valence-corrected chi connectivity index (χ4v) is 2.03. The molecule has 0 saturated carbocycles. The van der Waals surface area contributed by atoms with Crippen LogP contribution in [0.15, 0.2) is 18.2 Å². The van der Waals surface area contributed by atoms with Gasteiger partial charge < -0.3 is 5.73 Å². The first kappa shape index (κ1) is 12.1. The van der Waals surface area contributed by atoms with E-state index in [0.717, 1.165) is 11.3 Å². The standard InChI is InChI=1S/C12H13ClFN3/c1-7-12(11(6-15)16-17(7)2)9-5-8(13)3-4-10(9)14/h3-5H,6,15H2,1-2H3. The molecule has 0 aliphatic heterocycles. The van der Waals surface area contributed by atoms with E-state index in [1.807, 2.05) is 6.92 Å². The van der Waals surface area contributed by atoms with Crippen molar-refractivity contribution in [1.82, 2.24) is 9.78 Å². The summed E-state index contributed by atoms with van der Waals surface area (Å²) < 4.78 is 15.5. The number of hydrogen-bond acceptors (Lipinski definition) is 2. The average molecular weight is 254 g/mol. The van der Waals surface area contributed by atoms with Gasteiger partial charge in [0.05, 0.1) is 5.69 Å². The van der Waals surface area contributed by atoms with Crippen molar-refractivity contribution in [3.63, 3.8) is 0 Å². The fraction of sp³-hybridized carbons (Fsp3) is 0.250. The summed E-state index contributed by atoms with van der Waals surface area (Å²) in [6.45, 7) is 2.14. The van der Waals surface area contributed by atoms with Gasteiger partial charge in [-0.3, -0.25) is 4.68 Å². The summed E-state index contributed by atoms with van der Waals surface area (Å²) in [5, 5.41) is 4.75. The van der Waals surface area contributed by atoms with Crippen molar-refractivity contribution in [2.45, 2.75) is 13.5 Å². The number of halogens is 2. The third kappa shape index (κ3) is 2.06. The van der Waals surface area contributed by atoms with E-state index in [0.29, 0.717) is 16.3 Å². The number of aryl methyl sites for hydroxylation is 1. The smallest absolute Gasteiger partial charge is 0.131 e. The maximum atomic E-state index is 13.8. The summed E-state index contributed by atoms with van der Waals surface area (Å²) in [6, 6.07) is 4.47. The summed E-state index contributed by atoms with van der Waals surface area (Å²) >= 11 is 5.90. The molecule has 1 aromatic carbocycles. The van der Waals surface area contributed by atoms with E-state index >= 15 is 0 Å². The molecule has 0 atom stereocenters. The summed E-state index contributed by atoms with van der Waals surface area (Å²) in [5.41, 5.74) is 8.35. The minimum absolute atomic E-state index is 0.267. The highest BCUT2D eigenvalue weighted by Gasteiger charge is 2.17. The Balaban J connectivity index is 2.71. The topological polar surface area (TPSA) is 43.8 Å². The van der Waals surface area contributed by atoms with Crippen molar-refractivity contribution in [2.75, 3.05) is 0 Å². The number of aromatic nitrogens is 2. The molecule has 0 saturated heterocycles. The highest BCUT2D eigenvalue weighted by atomic mass is 35.5. The lowest BCUT2D eigenvalue weighted by atomic mass is 10.0. The highest BCUT2D eigenvalue weighted by molar-refractivity contribution is 6.30. The van der Waals surface area contributed by atoms with Crippen LogP contribution in [0.1, 0.15) is 11.4 Å². The highest BCUT2D eigenvalue weighted by Crippen LogP contribution is 2.31. The first-order valence-corrected chi connectivity index (χ1v) is 5.60. The van der Waals surface area contributed by atoms with E-state index in [1.54, 1.807) is 17.8 Å². The monoisotopic (exact) mass is 253 g/mol. The molecule has 0 spiro atoms. The average Bonchev–Trinajstić information content (AvgIpc) is 2.59. The Morgan fingerprint density at radius 1 is 1.47 bits per heavy atom. The second kappa shape index (κ2) is 4.47. The first-order chi connectivity index (χ1) is 8.04. The van der Waals surface area contributed by atoms with Crippen LogP contribution in [-0.4, -0.2) is 9.78 Å². The Morgan fingerprint density at radius 2 is 2.18 bits per heavy atom. The van der Waals surface area contributed by atoms with Gasteiger partial charge in [0, 0.05) is 35.4 Å². The molecule has 0 unspecified atom stereocenters. The molecule has 0 fully saturated rings. The third-order valence-electron chi connectivity index (χ3n) is 2.80. The first-order valence-electron chi connectivity index (χ1n) is 5.22. The zero-order chi connectivity index (χ0) is 12.6. The summed E-state index contributed by atoms with van der Waals surface area (Å²) in [5.74, 6) is -0.319. The number of nitrogens with zero attached hydrogens (tertiary/aromatic N) is 2. The Kier molecular flexibility index (Phi) is 3.17. The number of rotatable bonds is 2. The Hall–Kier alpha value is -1.39. The molecule has 3 nitrogen and oxygen atoms in total. The molecule has 1 heterocycles. The van der Waals surface area contributed by atoms with Crippen LogP contribution in [0.4, 0.5) is 4.39 Å². The van der Waals surface area contributed by atoms with Crippen LogP contribution in [0.3, 0.4) is 0 Å². The summed E-state index contributed by atoms with van der Waals surface area (Å²) in [6.07, 6.45) is 0. The normalized spacial score (nSPS) is 10.9. The van der Waals surface area contributed by atoms with Gasteiger partial charge in [0.2, 0.25) is 0 Å². The quantitative estimate of drug-likeness (QED) is 0.894. The van der Waals surface area contributed by atoms with E-state index in [1.165, 1.54) is 12.1 Å². The predicted octanol–water partition coefficient (Wildman–Crippen LogP) is 2.65. The molecule has 17 heavy (non-hydrogen) atoms. The minimum Gasteiger partial charge on any atom is -0.325 e. The van der Waals surface area contributed by atoms with Gasteiger partial charge in [-0.15, -0.1) is 0 Å². The Morgan fingerprint density at radius 3 is 2.82 bits per heavy atom. The van der Waals surface area contributed by atoms with Gasteiger partial charge in [-0.2, -0.15) is 5.10 Å². The van der Waals surface area contributed by atoms with Crippen molar-refractivity contribution < 1.29 is 4.39 Å². The van der Waals surface area contributed by atoms with E-state index in [4.69, 9.17) is 17.3 Å². The van der Waals surface area contributed by atoms with Crippen molar-refractivity contribution in [3.05, 3.63) is 40.4 Å². The van der Waals surface area contributed by atoms with Crippen LogP contribution in [0, 0.1) is 12.7 Å². The molecular weight excluding hydrogens is 241 g/mol. The molecule has 1 aromatic heterocycles. The predicted molar refractivity (Wildman–Crippen MR) is 66.2 cm³/mol. The van der Waals surface area contributed by atoms with E-state index in [2.05, 4.69) is 5.10 Å². The third-order valence-corrected chi connectivity index (χ3v) is 3.03. The SMILES string of the molecule is Cc1c(-c2cc(Cl)ccc2F)c(CN)nn1C. The lowest BCUT2D eigenvalue weighted by Crippen LogP contribution is -2.00. The molecule has 5 heteroatoms. The molecular formula is C12H13ClFN3. The van der Waals surface area contributed by atoms with Crippen LogP contribution in [-0.2, 0) is 13.6 Å². The second-order valence-corrected chi connectivity index (χ2v) is 4.30. The maximum Gasteiger partial charge on any atom is 0.131 e. The van der Waals surface area contributed by atoms with Crippen LogP contribution in [0.5, 0.6) is 0 Å². The molecule has 0 radical (unpaired) electrons. The molecule has 0 amide bonds. The number of nitrogens with two attached hydrogens (primary N) is 1. The van der Waals surface area contributed by atoms with E-state index < -0.39 is 0 Å². The van der Waals surface area contributed by atoms with E-state index in [9.17, 15) is 4.39 Å². The van der Waals surface area contributed by atoms with Gasteiger partial charge in [0.15, 0.2) is 0 Å². The lowest BCUT2D eigenvalue weighted by molar-refractivity contribution is 0.631. The molecule has 2 aromatic rings. The van der Waals surface area contributed by atoms with Crippen LogP contribution < -0.4 is 5.73 Å². The largest absolute Gasteiger partial charge is 0.325 e. The molecule has 0 bridgehead atoms. The Bertz CT molecular complexity index is 563. The fourth-order valence-electron chi connectivity index (χ4n) is 1.86. The minimum atomic E-state index is -0.319. The summed E-state index contributed by atoms with van der Waals surface area (Å²) in [7, 11) is 1.81. The molecule has 0 aliphatic rings. The lowest BCUT2D eigenvalue weighted by Gasteiger charge is -2.05. The molecule has 2 rings (SSSR count). The van der Waals surface area contributed by atoms with Crippen molar-refractivity contribution >= 4 is 11.6 Å². The van der Waals surface area contributed by atoms with Crippen molar-refractivity contribution in [2.24, 2.45) is 12.8 Å². The zero-order valence-electron chi connectivity index (χ0n) is 9.67. The van der Waals surface area contributed by atoms with Gasteiger partial charge in [-0.05, 0) is 25.1 Å². The van der Waals surface area contributed by atoms with Crippen LogP contribution >= 0.6 is 11.6 Å². The van der Waals surface area contributed by atoms with Crippen molar-refractivity contribution in [3.8, 4) is 11.1 Å². The number of hydrogen-bond donors (Lipinski definition) is 1.